The molecule has 6 heteroatoms. The second-order valence-corrected chi connectivity index (χ2v) is 4.61. The van der Waals surface area contributed by atoms with Gasteiger partial charge in [0.1, 0.15) is 5.01 Å². The summed E-state index contributed by atoms with van der Waals surface area (Å²) in [6.45, 7) is 2.52. The highest BCUT2D eigenvalue weighted by atomic mass is 32.1. The van der Waals surface area contributed by atoms with E-state index in [1.165, 1.54) is 24.2 Å². The fourth-order valence-corrected chi connectivity index (χ4v) is 2.04. The van der Waals surface area contributed by atoms with Crippen LogP contribution in [0.5, 0.6) is 0 Å². The number of unbranched alkanes of at least 4 members (excludes halogenated alkanes) is 2. The molecule has 90 valence electrons. The van der Waals surface area contributed by atoms with E-state index >= 15 is 0 Å². The first kappa shape index (κ1) is 13.1. The Morgan fingerprint density at radius 2 is 2.25 bits per heavy atom. The van der Waals surface area contributed by atoms with E-state index in [1.54, 1.807) is 0 Å². The average Bonchev–Trinajstić information content (AvgIpc) is 2.66. The summed E-state index contributed by atoms with van der Waals surface area (Å²) in [4.78, 5) is 11.2. The number of nitrogens with two attached hydrogens (primary N) is 1. The minimum atomic E-state index is -0.0984. The smallest absolute Gasteiger partial charge is 0.227 e. The zero-order valence-corrected chi connectivity index (χ0v) is 10.3. The lowest BCUT2D eigenvalue weighted by molar-refractivity contribution is -0.116. The molecule has 3 N–H and O–H groups in total. The number of rotatable bonds is 7. The summed E-state index contributed by atoms with van der Waals surface area (Å²) in [5, 5.41) is 12.2. The van der Waals surface area contributed by atoms with Crippen LogP contribution >= 0.6 is 11.3 Å². The number of hydrogen-bond donors (Lipinski definition) is 2. The SMILES string of the molecule is CCCCCc1nnc(NC(=O)CCN)s1. The van der Waals surface area contributed by atoms with Crippen LogP contribution in [0, 0.1) is 0 Å². The Hall–Kier alpha value is -1.01. The van der Waals surface area contributed by atoms with Crippen LogP contribution in [0.4, 0.5) is 5.13 Å². The second kappa shape index (κ2) is 7.29. The lowest BCUT2D eigenvalue weighted by Crippen LogP contribution is -2.15. The zero-order valence-electron chi connectivity index (χ0n) is 9.53. The standard InChI is InChI=1S/C10H18N4OS/c1-2-3-4-5-9-13-14-10(16-9)12-8(15)6-7-11/h2-7,11H2,1H3,(H,12,14,15). The third-order valence-electron chi connectivity index (χ3n) is 2.08. The molecule has 1 amide bonds. The predicted molar refractivity (Wildman–Crippen MR) is 65.4 cm³/mol. The van der Waals surface area contributed by atoms with E-state index in [1.807, 2.05) is 0 Å². The molecule has 1 aromatic heterocycles. The normalized spacial score (nSPS) is 10.4. The van der Waals surface area contributed by atoms with Crippen molar-refractivity contribution < 1.29 is 4.79 Å². The van der Waals surface area contributed by atoms with Gasteiger partial charge in [0, 0.05) is 19.4 Å². The molecule has 0 atom stereocenters. The Morgan fingerprint density at radius 3 is 2.94 bits per heavy atom. The number of nitrogens with one attached hydrogen (secondary N) is 1. The molecule has 0 aliphatic rings. The second-order valence-electron chi connectivity index (χ2n) is 3.54. The molecule has 0 aromatic carbocycles. The van der Waals surface area contributed by atoms with Gasteiger partial charge in [-0.15, -0.1) is 10.2 Å². The molecule has 0 fully saturated rings. The van der Waals surface area contributed by atoms with E-state index in [4.69, 9.17) is 5.73 Å². The van der Waals surface area contributed by atoms with Crippen LogP contribution in [0.2, 0.25) is 0 Å². The quantitative estimate of drug-likeness (QED) is 0.711. The lowest BCUT2D eigenvalue weighted by atomic mass is 10.2. The molecule has 0 aliphatic heterocycles. The van der Waals surface area contributed by atoms with Gasteiger partial charge in [-0.1, -0.05) is 31.1 Å². The third kappa shape index (κ3) is 4.67. The zero-order chi connectivity index (χ0) is 11.8. The first-order valence-electron chi connectivity index (χ1n) is 5.58. The van der Waals surface area contributed by atoms with Crippen LogP contribution in [0.25, 0.3) is 0 Å². The fourth-order valence-electron chi connectivity index (χ4n) is 1.24. The average molecular weight is 242 g/mol. The van der Waals surface area contributed by atoms with Crippen molar-refractivity contribution in [3.63, 3.8) is 0 Å². The van der Waals surface area contributed by atoms with E-state index < -0.39 is 0 Å². The van der Waals surface area contributed by atoms with E-state index in [-0.39, 0.29) is 5.91 Å². The summed E-state index contributed by atoms with van der Waals surface area (Å²) in [7, 11) is 0. The number of amides is 1. The van der Waals surface area contributed by atoms with Gasteiger partial charge in [0.05, 0.1) is 0 Å². The van der Waals surface area contributed by atoms with Crippen molar-refractivity contribution >= 4 is 22.4 Å². The highest BCUT2D eigenvalue weighted by molar-refractivity contribution is 7.15. The van der Waals surface area contributed by atoms with Crippen LogP contribution in [0.15, 0.2) is 0 Å². The molecule has 0 saturated heterocycles. The Bertz CT molecular complexity index is 326. The fraction of sp³-hybridized carbons (Fsp3) is 0.700. The maximum absolute atomic E-state index is 11.2. The van der Waals surface area contributed by atoms with Crippen LogP contribution in [-0.4, -0.2) is 22.6 Å². The van der Waals surface area contributed by atoms with E-state index in [2.05, 4.69) is 22.4 Å². The van der Waals surface area contributed by atoms with Gasteiger partial charge in [0.15, 0.2) is 0 Å². The molecule has 1 aromatic rings. The van der Waals surface area contributed by atoms with Gasteiger partial charge in [-0.05, 0) is 6.42 Å². The van der Waals surface area contributed by atoms with Crippen molar-refractivity contribution in [2.45, 2.75) is 39.0 Å². The molecule has 16 heavy (non-hydrogen) atoms. The minimum Gasteiger partial charge on any atom is -0.330 e. The van der Waals surface area contributed by atoms with Gasteiger partial charge in [-0.2, -0.15) is 0 Å². The Balaban J connectivity index is 2.36. The van der Waals surface area contributed by atoms with Crippen LogP contribution in [-0.2, 0) is 11.2 Å². The number of nitrogens with zero attached hydrogens (tertiary/aromatic N) is 2. The molecular formula is C10H18N4OS. The van der Waals surface area contributed by atoms with E-state index in [0.717, 1.165) is 17.8 Å². The minimum absolute atomic E-state index is 0.0984. The summed E-state index contributed by atoms with van der Waals surface area (Å²) < 4.78 is 0. The van der Waals surface area contributed by atoms with Gasteiger partial charge >= 0.3 is 0 Å². The lowest BCUT2D eigenvalue weighted by Gasteiger charge is -1.97. The molecule has 0 aliphatic carbocycles. The van der Waals surface area contributed by atoms with Gasteiger partial charge in [-0.25, -0.2) is 0 Å². The van der Waals surface area contributed by atoms with Crippen molar-refractivity contribution in [3.8, 4) is 0 Å². The van der Waals surface area contributed by atoms with Crippen molar-refractivity contribution in [2.75, 3.05) is 11.9 Å². The van der Waals surface area contributed by atoms with Crippen molar-refractivity contribution in [1.29, 1.82) is 0 Å². The Kier molecular flexibility index (Phi) is 5.95. The number of hydrogen-bond acceptors (Lipinski definition) is 5. The highest BCUT2D eigenvalue weighted by Gasteiger charge is 2.06. The van der Waals surface area contributed by atoms with Gasteiger partial charge < -0.3 is 11.1 Å². The number of aryl methyl sites for hydroxylation is 1. The predicted octanol–water partition coefficient (Wildman–Crippen LogP) is 1.56. The van der Waals surface area contributed by atoms with E-state index in [0.29, 0.717) is 18.1 Å². The first-order valence-corrected chi connectivity index (χ1v) is 6.40. The summed E-state index contributed by atoms with van der Waals surface area (Å²) in [6, 6.07) is 0. The molecule has 5 nitrogen and oxygen atoms in total. The van der Waals surface area contributed by atoms with Crippen molar-refractivity contribution in [1.82, 2.24) is 10.2 Å². The Labute approximate surface area is 99.5 Å². The number of carbonyl (C=O) groups is 1. The van der Waals surface area contributed by atoms with Crippen LogP contribution in [0.1, 0.15) is 37.6 Å². The third-order valence-corrected chi connectivity index (χ3v) is 2.98. The molecule has 0 saturated carbocycles. The van der Waals surface area contributed by atoms with Gasteiger partial charge in [0.2, 0.25) is 11.0 Å². The largest absolute Gasteiger partial charge is 0.330 e. The van der Waals surface area contributed by atoms with E-state index in [9.17, 15) is 4.79 Å². The Morgan fingerprint density at radius 1 is 1.44 bits per heavy atom. The molecule has 0 unspecified atom stereocenters. The van der Waals surface area contributed by atoms with Crippen LogP contribution in [0.3, 0.4) is 0 Å². The molecule has 0 radical (unpaired) electrons. The maximum atomic E-state index is 11.2. The summed E-state index contributed by atoms with van der Waals surface area (Å²) in [5.41, 5.74) is 5.28. The summed E-state index contributed by atoms with van der Waals surface area (Å²) >= 11 is 1.44. The topological polar surface area (TPSA) is 80.9 Å². The van der Waals surface area contributed by atoms with Crippen molar-refractivity contribution in [3.05, 3.63) is 5.01 Å². The number of carbonyl (C=O) groups excluding carboxylic acids is 1. The van der Waals surface area contributed by atoms with Gasteiger partial charge in [0.25, 0.3) is 0 Å². The maximum Gasteiger partial charge on any atom is 0.227 e. The monoisotopic (exact) mass is 242 g/mol. The number of anilines is 1. The number of aromatic nitrogens is 2. The molecular weight excluding hydrogens is 224 g/mol. The first-order chi connectivity index (χ1) is 7.76. The summed E-state index contributed by atoms with van der Waals surface area (Å²) in [6.07, 6.45) is 4.79. The molecule has 1 heterocycles. The molecule has 0 bridgehead atoms. The summed E-state index contributed by atoms with van der Waals surface area (Å²) in [5.74, 6) is -0.0984. The molecule has 1 rings (SSSR count). The van der Waals surface area contributed by atoms with Crippen molar-refractivity contribution in [2.24, 2.45) is 5.73 Å². The highest BCUT2D eigenvalue weighted by Crippen LogP contribution is 2.17. The molecule has 0 spiro atoms. The van der Waals surface area contributed by atoms with Gasteiger partial charge in [-0.3, -0.25) is 4.79 Å². The van der Waals surface area contributed by atoms with Crippen LogP contribution < -0.4 is 11.1 Å².